The maximum Gasteiger partial charge on any atom is 0.276 e. The topological polar surface area (TPSA) is 92.6 Å². The van der Waals surface area contributed by atoms with Crippen molar-refractivity contribution in [3.8, 4) is 5.75 Å². The summed E-state index contributed by atoms with van der Waals surface area (Å²) in [6, 6.07) is 10.6. The van der Waals surface area contributed by atoms with Crippen molar-refractivity contribution in [1.29, 1.82) is 0 Å². The summed E-state index contributed by atoms with van der Waals surface area (Å²) in [4.78, 5) is 23.3. The molecule has 1 aromatic heterocycles. The van der Waals surface area contributed by atoms with Crippen molar-refractivity contribution in [2.24, 2.45) is 0 Å². The standard InChI is InChI=1S/C16H18BrN3O4/c1-11(14-3-2-8-23-14)18-9-15(21)19-20-16(22)10-24-13-6-4-12(17)5-7-13/h2-8,11,18H,9-10H2,1H3,(H,19,21)(H,20,22)/t11-/m0/s1. The molecule has 0 fully saturated rings. The number of benzene rings is 1. The lowest BCUT2D eigenvalue weighted by molar-refractivity contribution is -0.129. The van der Waals surface area contributed by atoms with Crippen molar-refractivity contribution in [2.75, 3.05) is 13.2 Å². The van der Waals surface area contributed by atoms with Gasteiger partial charge in [-0.25, -0.2) is 0 Å². The Morgan fingerprint density at radius 1 is 1.17 bits per heavy atom. The Bertz CT molecular complexity index is 658. The van der Waals surface area contributed by atoms with Crippen LogP contribution in [0, 0.1) is 0 Å². The number of nitrogens with one attached hydrogen (secondary N) is 3. The summed E-state index contributed by atoms with van der Waals surface area (Å²) in [6.07, 6.45) is 1.57. The molecular formula is C16H18BrN3O4. The molecule has 1 heterocycles. The Morgan fingerprint density at radius 3 is 2.54 bits per heavy atom. The van der Waals surface area contributed by atoms with Crippen LogP contribution in [0.1, 0.15) is 18.7 Å². The Balaban J connectivity index is 1.62. The molecule has 0 spiro atoms. The summed E-state index contributed by atoms with van der Waals surface area (Å²) in [7, 11) is 0. The molecule has 0 aliphatic carbocycles. The second-order valence-corrected chi connectivity index (χ2v) is 5.87. The van der Waals surface area contributed by atoms with Crippen molar-refractivity contribution in [1.82, 2.24) is 16.2 Å². The zero-order valence-electron chi connectivity index (χ0n) is 13.0. The highest BCUT2D eigenvalue weighted by Crippen LogP contribution is 2.15. The monoisotopic (exact) mass is 395 g/mol. The van der Waals surface area contributed by atoms with Gasteiger partial charge in [0.15, 0.2) is 6.61 Å². The van der Waals surface area contributed by atoms with E-state index in [4.69, 9.17) is 9.15 Å². The second kappa shape index (κ2) is 9.09. The molecule has 1 aromatic carbocycles. The highest BCUT2D eigenvalue weighted by molar-refractivity contribution is 9.10. The van der Waals surface area contributed by atoms with Crippen LogP contribution in [-0.2, 0) is 9.59 Å². The molecule has 2 rings (SSSR count). The van der Waals surface area contributed by atoms with Crippen molar-refractivity contribution in [3.63, 3.8) is 0 Å². The van der Waals surface area contributed by atoms with E-state index in [0.717, 1.165) is 10.2 Å². The number of carbonyl (C=O) groups excluding carboxylic acids is 2. The molecule has 128 valence electrons. The van der Waals surface area contributed by atoms with Crippen LogP contribution in [0.25, 0.3) is 0 Å². The van der Waals surface area contributed by atoms with E-state index < -0.39 is 5.91 Å². The number of rotatable bonds is 7. The molecule has 8 heteroatoms. The molecule has 0 aliphatic rings. The van der Waals surface area contributed by atoms with Gasteiger partial charge in [-0.2, -0.15) is 0 Å². The first kappa shape index (κ1) is 18.0. The molecule has 0 radical (unpaired) electrons. The quantitative estimate of drug-likeness (QED) is 0.622. The van der Waals surface area contributed by atoms with Gasteiger partial charge in [0.1, 0.15) is 11.5 Å². The lowest BCUT2D eigenvalue weighted by Crippen LogP contribution is -2.47. The molecule has 0 unspecified atom stereocenters. The van der Waals surface area contributed by atoms with Crippen LogP contribution in [0.3, 0.4) is 0 Å². The summed E-state index contributed by atoms with van der Waals surface area (Å²) in [5, 5.41) is 2.98. The van der Waals surface area contributed by atoms with Gasteiger partial charge in [0.25, 0.3) is 11.8 Å². The smallest absolute Gasteiger partial charge is 0.276 e. The third-order valence-corrected chi connectivity index (χ3v) is 3.59. The number of carbonyl (C=O) groups is 2. The first-order chi connectivity index (χ1) is 11.5. The van der Waals surface area contributed by atoms with Crippen LogP contribution < -0.4 is 20.9 Å². The van der Waals surface area contributed by atoms with Gasteiger partial charge in [-0.15, -0.1) is 0 Å². The minimum Gasteiger partial charge on any atom is -0.484 e. The van der Waals surface area contributed by atoms with Crippen LogP contribution in [0.4, 0.5) is 0 Å². The van der Waals surface area contributed by atoms with E-state index in [2.05, 4.69) is 32.1 Å². The normalized spacial score (nSPS) is 11.6. The van der Waals surface area contributed by atoms with Crippen molar-refractivity contribution < 1.29 is 18.7 Å². The highest BCUT2D eigenvalue weighted by Gasteiger charge is 2.10. The Labute approximate surface area is 147 Å². The highest BCUT2D eigenvalue weighted by atomic mass is 79.9. The molecule has 0 aliphatic heterocycles. The van der Waals surface area contributed by atoms with E-state index in [1.807, 2.05) is 13.0 Å². The molecule has 0 bridgehead atoms. The maximum absolute atomic E-state index is 11.7. The Morgan fingerprint density at radius 2 is 1.88 bits per heavy atom. The van der Waals surface area contributed by atoms with E-state index in [-0.39, 0.29) is 25.1 Å². The number of halogens is 1. The number of furan rings is 1. The molecule has 0 saturated carbocycles. The largest absolute Gasteiger partial charge is 0.484 e. The van der Waals surface area contributed by atoms with Crippen molar-refractivity contribution in [2.45, 2.75) is 13.0 Å². The van der Waals surface area contributed by atoms with Crippen LogP contribution in [0.5, 0.6) is 5.75 Å². The molecule has 24 heavy (non-hydrogen) atoms. The molecule has 7 nitrogen and oxygen atoms in total. The molecule has 0 saturated heterocycles. The lowest BCUT2D eigenvalue weighted by atomic mass is 10.2. The second-order valence-electron chi connectivity index (χ2n) is 4.96. The van der Waals surface area contributed by atoms with Gasteiger partial charge in [0, 0.05) is 4.47 Å². The molecule has 2 aromatic rings. The number of hydrogen-bond acceptors (Lipinski definition) is 5. The fourth-order valence-electron chi connectivity index (χ4n) is 1.78. The van der Waals surface area contributed by atoms with Gasteiger partial charge in [-0.05, 0) is 43.3 Å². The van der Waals surface area contributed by atoms with Gasteiger partial charge in [-0.1, -0.05) is 15.9 Å². The van der Waals surface area contributed by atoms with Crippen molar-refractivity contribution in [3.05, 3.63) is 52.9 Å². The van der Waals surface area contributed by atoms with Gasteiger partial charge in [0.2, 0.25) is 0 Å². The van der Waals surface area contributed by atoms with Crippen LogP contribution in [-0.4, -0.2) is 25.0 Å². The van der Waals surface area contributed by atoms with Gasteiger partial charge >= 0.3 is 0 Å². The van der Waals surface area contributed by atoms with E-state index in [0.29, 0.717) is 5.75 Å². The summed E-state index contributed by atoms with van der Waals surface area (Å²) < 4.78 is 11.4. The van der Waals surface area contributed by atoms with Gasteiger partial charge in [-0.3, -0.25) is 25.8 Å². The summed E-state index contributed by atoms with van der Waals surface area (Å²) in [6.45, 7) is 1.71. The fraction of sp³-hybridized carbons (Fsp3) is 0.250. The Hall–Kier alpha value is -2.32. The number of hydrogen-bond donors (Lipinski definition) is 3. The molecule has 1 atom stereocenters. The minimum atomic E-state index is -0.453. The zero-order chi connectivity index (χ0) is 17.4. The number of amides is 2. The maximum atomic E-state index is 11.7. The average Bonchev–Trinajstić information content (AvgIpc) is 3.12. The van der Waals surface area contributed by atoms with Crippen LogP contribution >= 0.6 is 15.9 Å². The third-order valence-electron chi connectivity index (χ3n) is 3.06. The number of ether oxygens (including phenoxy) is 1. The first-order valence-electron chi connectivity index (χ1n) is 7.27. The lowest BCUT2D eigenvalue weighted by Gasteiger charge is -2.12. The predicted octanol–water partition coefficient (Wildman–Crippen LogP) is 1.92. The summed E-state index contributed by atoms with van der Waals surface area (Å²) in [5.74, 6) is 0.471. The first-order valence-corrected chi connectivity index (χ1v) is 8.06. The van der Waals surface area contributed by atoms with Gasteiger partial charge < -0.3 is 9.15 Å². The molecule has 2 amide bonds. The van der Waals surface area contributed by atoms with Crippen molar-refractivity contribution >= 4 is 27.7 Å². The third kappa shape index (κ3) is 6.05. The fourth-order valence-corrected chi connectivity index (χ4v) is 2.05. The minimum absolute atomic E-state index is 0.0374. The van der Waals surface area contributed by atoms with Crippen LogP contribution in [0.15, 0.2) is 51.6 Å². The van der Waals surface area contributed by atoms with E-state index >= 15 is 0 Å². The summed E-state index contributed by atoms with van der Waals surface area (Å²) in [5.41, 5.74) is 4.60. The van der Waals surface area contributed by atoms with E-state index in [1.54, 1.807) is 36.6 Å². The Kier molecular flexibility index (Phi) is 6.83. The van der Waals surface area contributed by atoms with Crippen LogP contribution in [0.2, 0.25) is 0 Å². The molecular weight excluding hydrogens is 378 g/mol. The zero-order valence-corrected chi connectivity index (χ0v) is 14.6. The summed E-state index contributed by atoms with van der Waals surface area (Å²) >= 11 is 3.31. The predicted molar refractivity (Wildman–Crippen MR) is 91.0 cm³/mol. The SMILES string of the molecule is C[C@H](NCC(=O)NNC(=O)COc1ccc(Br)cc1)c1ccco1. The number of hydrazine groups is 1. The average molecular weight is 396 g/mol. The van der Waals surface area contributed by atoms with E-state index in [9.17, 15) is 9.59 Å². The van der Waals surface area contributed by atoms with E-state index in [1.165, 1.54) is 0 Å². The molecule has 3 N–H and O–H groups in total. The van der Waals surface area contributed by atoms with Gasteiger partial charge in [0.05, 0.1) is 18.8 Å².